The van der Waals surface area contributed by atoms with E-state index in [9.17, 15) is 0 Å². The first kappa shape index (κ1) is 8.21. The Morgan fingerprint density at radius 2 is 2.00 bits per heavy atom. The van der Waals surface area contributed by atoms with Crippen LogP contribution < -0.4 is 0 Å². The highest BCUT2D eigenvalue weighted by molar-refractivity contribution is 14.1. The van der Waals surface area contributed by atoms with Crippen LogP contribution in [0.15, 0.2) is 24.3 Å². The molecule has 0 radical (unpaired) electrons. The molecule has 8 heavy (non-hydrogen) atoms. The van der Waals surface area contributed by atoms with Crippen molar-refractivity contribution in [3.05, 3.63) is 24.3 Å². The molecule has 0 aromatic rings. The summed E-state index contributed by atoms with van der Waals surface area (Å²) in [5, 5.41) is 0. The Hall–Kier alpha value is 0.210. The Morgan fingerprint density at radius 3 is 2.38 bits per heavy atom. The van der Waals surface area contributed by atoms with Crippen LogP contribution >= 0.6 is 22.6 Å². The largest absolute Gasteiger partial charge is 0.0877 e. The molecule has 0 bridgehead atoms. The van der Waals surface area contributed by atoms with Crippen molar-refractivity contribution >= 4 is 22.6 Å². The summed E-state index contributed by atoms with van der Waals surface area (Å²) >= 11 is 2.36. The Morgan fingerprint density at radius 1 is 1.38 bits per heavy atom. The maximum Gasteiger partial charge on any atom is 0.0264 e. The second-order valence-corrected chi connectivity index (χ2v) is 3.55. The lowest BCUT2D eigenvalue weighted by Crippen LogP contribution is -1.76. The molecule has 0 aliphatic heterocycles. The van der Waals surface area contributed by atoms with Gasteiger partial charge in [0.15, 0.2) is 0 Å². The highest BCUT2D eigenvalue weighted by Gasteiger charge is 1.80. The van der Waals surface area contributed by atoms with Crippen LogP contribution in [0.25, 0.3) is 0 Å². The van der Waals surface area contributed by atoms with Gasteiger partial charge in [0.05, 0.1) is 0 Å². The van der Waals surface area contributed by atoms with E-state index in [0.29, 0.717) is 3.92 Å². The molecular formula is C7H11I. The van der Waals surface area contributed by atoms with Crippen molar-refractivity contribution in [1.82, 2.24) is 0 Å². The highest BCUT2D eigenvalue weighted by atomic mass is 127. The zero-order chi connectivity index (χ0) is 6.41. The van der Waals surface area contributed by atoms with Crippen molar-refractivity contribution in [2.24, 2.45) is 0 Å². The number of hydrogen-bond donors (Lipinski definition) is 0. The van der Waals surface area contributed by atoms with E-state index in [-0.39, 0.29) is 0 Å². The molecule has 0 aromatic heterocycles. The Balaban J connectivity index is 3.34. The highest BCUT2D eigenvalue weighted by Crippen LogP contribution is 1.98. The van der Waals surface area contributed by atoms with E-state index in [0.717, 1.165) is 0 Å². The van der Waals surface area contributed by atoms with Crippen LogP contribution in [0, 0.1) is 0 Å². The van der Waals surface area contributed by atoms with Crippen LogP contribution in [0.5, 0.6) is 0 Å². The first-order valence-electron chi connectivity index (χ1n) is 2.71. The normalized spacial score (nSPS) is 15.9. The fourth-order valence-electron chi connectivity index (χ4n) is 0.328. The quantitative estimate of drug-likeness (QED) is 0.382. The predicted molar refractivity (Wildman–Crippen MR) is 47.4 cm³/mol. The van der Waals surface area contributed by atoms with Crippen molar-refractivity contribution < 1.29 is 0 Å². The topological polar surface area (TPSA) is 0 Å². The summed E-state index contributed by atoms with van der Waals surface area (Å²) in [6.45, 7) is 4.17. The third-order valence-corrected chi connectivity index (χ3v) is 1.10. The molecule has 0 saturated heterocycles. The van der Waals surface area contributed by atoms with Gasteiger partial charge in [0.25, 0.3) is 0 Å². The number of rotatable bonds is 2. The monoisotopic (exact) mass is 222 g/mol. The van der Waals surface area contributed by atoms with Gasteiger partial charge in [-0.1, -0.05) is 46.9 Å². The fourth-order valence-corrected chi connectivity index (χ4v) is 0.568. The second kappa shape index (κ2) is 5.35. The van der Waals surface area contributed by atoms with Crippen LogP contribution in [0.4, 0.5) is 0 Å². The molecule has 0 aliphatic rings. The zero-order valence-corrected chi connectivity index (χ0v) is 7.42. The Kier molecular flexibility index (Phi) is 5.49. The molecule has 0 spiro atoms. The van der Waals surface area contributed by atoms with E-state index in [1.807, 2.05) is 19.1 Å². The number of halogens is 1. The minimum absolute atomic E-state index is 0.642. The van der Waals surface area contributed by atoms with Crippen molar-refractivity contribution in [2.45, 2.75) is 17.8 Å². The SMILES string of the molecule is C/C=C\C=C/[C@H](C)I. The summed E-state index contributed by atoms with van der Waals surface area (Å²) in [7, 11) is 0. The van der Waals surface area contributed by atoms with E-state index in [1.54, 1.807) is 0 Å². The van der Waals surface area contributed by atoms with Crippen LogP contribution in [-0.2, 0) is 0 Å². The first-order valence-corrected chi connectivity index (χ1v) is 3.95. The summed E-state index contributed by atoms with van der Waals surface area (Å²) in [6.07, 6.45) is 8.28. The second-order valence-electron chi connectivity index (χ2n) is 1.59. The maximum absolute atomic E-state index is 2.36. The van der Waals surface area contributed by atoms with E-state index >= 15 is 0 Å². The molecule has 0 fully saturated rings. The van der Waals surface area contributed by atoms with Gasteiger partial charge in [-0.05, 0) is 13.8 Å². The fraction of sp³-hybridized carbons (Fsp3) is 0.429. The average Bonchev–Trinajstić information content (AvgIpc) is 1.66. The average molecular weight is 222 g/mol. The molecule has 0 heterocycles. The zero-order valence-electron chi connectivity index (χ0n) is 5.26. The molecule has 0 nitrogen and oxygen atoms in total. The van der Waals surface area contributed by atoms with Crippen LogP contribution in [0.1, 0.15) is 13.8 Å². The molecule has 1 heteroatoms. The summed E-state index contributed by atoms with van der Waals surface area (Å²) < 4.78 is 0.642. The van der Waals surface area contributed by atoms with Crippen molar-refractivity contribution in [1.29, 1.82) is 0 Å². The maximum atomic E-state index is 2.36. The van der Waals surface area contributed by atoms with Gasteiger partial charge in [0.1, 0.15) is 0 Å². The third kappa shape index (κ3) is 6.21. The Bertz CT molecular complexity index is 90.6. The van der Waals surface area contributed by atoms with Gasteiger partial charge in [-0.25, -0.2) is 0 Å². The van der Waals surface area contributed by atoms with Gasteiger partial charge >= 0.3 is 0 Å². The minimum atomic E-state index is 0.642. The minimum Gasteiger partial charge on any atom is -0.0877 e. The van der Waals surface area contributed by atoms with Crippen molar-refractivity contribution in [3.63, 3.8) is 0 Å². The van der Waals surface area contributed by atoms with Crippen LogP contribution in [-0.4, -0.2) is 3.92 Å². The molecule has 0 N–H and O–H groups in total. The molecule has 46 valence electrons. The van der Waals surface area contributed by atoms with Gasteiger partial charge in [-0.15, -0.1) is 0 Å². The van der Waals surface area contributed by atoms with Crippen LogP contribution in [0.2, 0.25) is 0 Å². The van der Waals surface area contributed by atoms with Gasteiger partial charge in [-0.2, -0.15) is 0 Å². The predicted octanol–water partition coefficient (Wildman–Crippen LogP) is 2.94. The van der Waals surface area contributed by atoms with Crippen molar-refractivity contribution in [2.75, 3.05) is 0 Å². The lowest BCUT2D eigenvalue weighted by atomic mass is 10.4. The van der Waals surface area contributed by atoms with Gasteiger partial charge in [-0.3, -0.25) is 0 Å². The molecule has 0 rings (SSSR count). The Labute approximate surface area is 64.8 Å². The van der Waals surface area contributed by atoms with Crippen molar-refractivity contribution in [3.8, 4) is 0 Å². The van der Waals surface area contributed by atoms with E-state index in [1.165, 1.54) is 0 Å². The summed E-state index contributed by atoms with van der Waals surface area (Å²) in [5.41, 5.74) is 0. The lowest BCUT2D eigenvalue weighted by molar-refractivity contribution is 1.30. The van der Waals surface area contributed by atoms with Gasteiger partial charge < -0.3 is 0 Å². The number of allylic oxidation sites excluding steroid dienone is 4. The molecule has 1 atom stereocenters. The molecular weight excluding hydrogens is 211 g/mol. The molecule has 0 unspecified atom stereocenters. The van der Waals surface area contributed by atoms with Crippen LogP contribution in [0.3, 0.4) is 0 Å². The first-order chi connectivity index (χ1) is 3.77. The summed E-state index contributed by atoms with van der Waals surface area (Å²) in [4.78, 5) is 0. The number of alkyl halides is 1. The standard InChI is InChI=1S/C7H11I/c1-3-4-5-6-7(2)8/h3-7H,1-2H3/b4-3-,6-5-/t7-/m0/s1. The smallest absolute Gasteiger partial charge is 0.0264 e. The lowest BCUT2D eigenvalue weighted by Gasteiger charge is -1.85. The third-order valence-electron chi connectivity index (χ3n) is 0.680. The molecule has 0 amide bonds. The molecule has 0 aliphatic carbocycles. The van der Waals surface area contributed by atoms with Gasteiger partial charge in [0, 0.05) is 3.92 Å². The summed E-state index contributed by atoms with van der Waals surface area (Å²) in [6, 6.07) is 0. The molecule has 0 aromatic carbocycles. The van der Waals surface area contributed by atoms with E-state index in [4.69, 9.17) is 0 Å². The van der Waals surface area contributed by atoms with Gasteiger partial charge in [0.2, 0.25) is 0 Å². The number of hydrogen-bond acceptors (Lipinski definition) is 0. The molecule has 0 saturated carbocycles. The van der Waals surface area contributed by atoms with E-state index in [2.05, 4.69) is 41.7 Å². The van der Waals surface area contributed by atoms with E-state index < -0.39 is 0 Å². The summed E-state index contributed by atoms with van der Waals surface area (Å²) in [5.74, 6) is 0.